The maximum atomic E-state index is 10.0. The van der Waals surface area contributed by atoms with Gasteiger partial charge in [0.25, 0.3) is 0 Å². The molecule has 0 aromatic carbocycles. The molecule has 0 aliphatic heterocycles. The van der Waals surface area contributed by atoms with Crippen molar-refractivity contribution in [3.05, 3.63) is 35.5 Å². The minimum atomic E-state index is -0.728. The molecule has 17 heavy (non-hydrogen) atoms. The zero-order valence-corrected chi connectivity index (χ0v) is 11.1. The summed E-state index contributed by atoms with van der Waals surface area (Å²) in [4.78, 5) is 0. The van der Waals surface area contributed by atoms with Gasteiger partial charge in [-0.3, -0.25) is 0 Å². The molecule has 2 nitrogen and oxygen atoms in total. The van der Waals surface area contributed by atoms with Crippen molar-refractivity contribution in [1.82, 2.24) is 0 Å². The van der Waals surface area contributed by atoms with Gasteiger partial charge >= 0.3 is 0 Å². The first-order chi connectivity index (χ1) is 7.93. The van der Waals surface area contributed by atoms with E-state index in [1.165, 1.54) is 5.57 Å². The van der Waals surface area contributed by atoms with Gasteiger partial charge in [0.05, 0.1) is 6.10 Å². The SMILES string of the molecule is C=C(CCC=C(C)C)[C@@H]1CC=C(C)[C@@H](O)[C@@H]1O. The van der Waals surface area contributed by atoms with Gasteiger partial charge in [-0.15, -0.1) is 0 Å². The molecule has 0 unspecified atom stereocenters. The molecule has 0 radical (unpaired) electrons. The molecule has 0 fully saturated rings. The van der Waals surface area contributed by atoms with Crippen molar-refractivity contribution in [3.8, 4) is 0 Å². The standard InChI is InChI=1S/C15H24O2/c1-10(2)6-5-7-11(3)13-9-8-12(4)14(16)15(13)17/h6,8,13-17H,3,5,7,9H2,1-2,4H3/t13-,14+,15+/m0/s1. The Hall–Kier alpha value is -0.860. The molecule has 2 heteroatoms. The van der Waals surface area contributed by atoms with Gasteiger partial charge in [-0.1, -0.05) is 29.9 Å². The van der Waals surface area contributed by atoms with E-state index in [4.69, 9.17) is 0 Å². The number of aliphatic hydroxyl groups is 2. The maximum absolute atomic E-state index is 10.0. The van der Waals surface area contributed by atoms with Crippen molar-refractivity contribution in [1.29, 1.82) is 0 Å². The lowest BCUT2D eigenvalue weighted by molar-refractivity contribution is 0.00537. The predicted molar refractivity (Wildman–Crippen MR) is 71.7 cm³/mol. The fraction of sp³-hybridized carbons (Fsp3) is 0.600. The van der Waals surface area contributed by atoms with Crippen molar-refractivity contribution in [3.63, 3.8) is 0 Å². The van der Waals surface area contributed by atoms with Gasteiger partial charge in [0, 0.05) is 5.92 Å². The Kier molecular flexibility index (Phi) is 5.16. The third-order valence-corrected chi connectivity index (χ3v) is 3.44. The smallest absolute Gasteiger partial charge is 0.101 e. The minimum Gasteiger partial charge on any atom is -0.389 e. The van der Waals surface area contributed by atoms with Gasteiger partial charge in [-0.25, -0.2) is 0 Å². The summed E-state index contributed by atoms with van der Waals surface area (Å²) >= 11 is 0. The zero-order valence-electron chi connectivity index (χ0n) is 11.1. The Balaban J connectivity index is 2.56. The first-order valence-electron chi connectivity index (χ1n) is 6.27. The lowest BCUT2D eigenvalue weighted by Gasteiger charge is -2.32. The second-order valence-corrected chi connectivity index (χ2v) is 5.20. The van der Waals surface area contributed by atoms with E-state index in [1.807, 2.05) is 13.0 Å². The van der Waals surface area contributed by atoms with Crippen molar-refractivity contribution in [2.24, 2.45) is 5.92 Å². The van der Waals surface area contributed by atoms with Crippen LogP contribution in [0.25, 0.3) is 0 Å². The second-order valence-electron chi connectivity index (χ2n) is 5.20. The third kappa shape index (κ3) is 3.83. The van der Waals surface area contributed by atoms with Crippen LogP contribution in [-0.4, -0.2) is 22.4 Å². The lowest BCUT2D eigenvalue weighted by atomic mass is 9.80. The molecule has 3 atom stereocenters. The number of rotatable bonds is 4. The molecule has 2 N–H and O–H groups in total. The van der Waals surface area contributed by atoms with Crippen LogP contribution in [0.2, 0.25) is 0 Å². The summed E-state index contributed by atoms with van der Waals surface area (Å²) in [7, 11) is 0. The Bertz CT molecular complexity index is 335. The first kappa shape index (κ1) is 14.2. The van der Waals surface area contributed by atoms with Crippen LogP contribution in [0.15, 0.2) is 35.5 Å². The highest BCUT2D eigenvalue weighted by Crippen LogP contribution is 2.31. The highest BCUT2D eigenvalue weighted by atomic mass is 16.3. The first-order valence-corrected chi connectivity index (χ1v) is 6.27. The molecule has 0 saturated heterocycles. The van der Waals surface area contributed by atoms with Crippen LogP contribution in [0.3, 0.4) is 0 Å². The minimum absolute atomic E-state index is 0.000683. The highest BCUT2D eigenvalue weighted by Gasteiger charge is 2.31. The van der Waals surface area contributed by atoms with Crippen LogP contribution in [0.5, 0.6) is 0 Å². The van der Waals surface area contributed by atoms with Crippen molar-refractivity contribution in [2.75, 3.05) is 0 Å². The normalized spacial score (nSPS) is 28.5. The van der Waals surface area contributed by atoms with Gasteiger partial charge in [-0.05, 0) is 45.6 Å². The summed E-state index contributed by atoms with van der Waals surface area (Å²) in [6, 6.07) is 0. The van der Waals surface area contributed by atoms with Crippen molar-refractivity contribution >= 4 is 0 Å². The highest BCUT2D eigenvalue weighted by molar-refractivity contribution is 5.19. The van der Waals surface area contributed by atoms with E-state index in [-0.39, 0.29) is 5.92 Å². The maximum Gasteiger partial charge on any atom is 0.101 e. The Labute approximate surface area is 104 Å². The number of allylic oxidation sites excluding steroid dienone is 3. The van der Waals surface area contributed by atoms with Crippen LogP contribution >= 0.6 is 0 Å². The predicted octanol–water partition coefficient (Wildman–Crippen LogP) is 2.98. The fourth-order valence-electron chi connectivity index (χ4n) is 2.20. The van der Waals surface area contributed by atoms with Gasteiger partial charge in [-0.2, -0.15) is 0 Å². The number of hydrogen-bond acceptors (Lipinski definition) is 2. The van der Waals surface area contributed by atoms with Gasteiger partial charge in [0.2, 0.25) is 0 Å². The zero-order chi connectivity index (χ0) is 13.0. The third-order valence-electron chi connectivity index (χ3n) is 3.44. The molecule has 0 heterocycles. The summed E-state index contributed by atoms with van der Waals surface area (Å²) in [5.74, 6) is -0.000683. The fourth-order valence-corrected chi connectivity index (χ4v) is 2.20. The number of aliphatic hydroxyl groups excluding tert-OH is 2. The summed E-state index contributed by atoms with van der Waals surface area (Å²) in [5.41, 5.74) is 3.21. The van der Waals surface area contributed by atoms with Crippen LogP contribution in [0.1, 0.15) is 40.0 Å². The van der Waals surface area contributed by atoms with Crippen LogP contribution < -0.4 is 0 Å². The Morgan fingerprint density at radius 2 is 2.12 bits per heavy atom. The number of hydrogen-bond donors (Lipinski definition) is 2. The van der Waals surface area contributed by atoms with Gasteiger partial charge in [0.1, 0.15) is 6.10 Å². The molecule has 0 aromatic rings. The molecule has 0 saturated carbocycles. The van der Waals surface area contributed by atoms with E-state index in [0.717, 1.165) is 30.4 Å². The molecule has 1 rings (SSSR count). The van der Waals surface area contributed by atoms with E-state index in [1.54, 1.807) is 0 Å². The molecule has 1 aliphatic carbocycles. The van der Waals surface area contributed by atoms with Crippen LogP contribution in [0, 0.1) is 5.92 Å². The van der Waals surface area contributed by atoms with Gasteiger partial charge < -0.3 is 10.2 Å². The lowest BCUT2D eigenvalue weighted by Crippen LogP contribution is -2.37. The monoisotopic (exact) mass is 236 g/mol. The van der Waals surface area contributed by atoms with Crippen LogP contribution in [-0.2, 0) is 0 Å². The summed E-state index contributed by atoms with van der Waals surface area (Å²) in [6.45, 7) is 10.1. The van der Waals surface area contributed by atoms with Gasteiger partial charge in [0.15, 0.2) is 0 Å². The summed E-state index contributed by atoms with van der Waals surface area (Å²) in [5, 5.41) is 19.8. The van der Waals surface area contributed by atoms with E-state index >= 15 is 0 Å². The Morgan fingerprint density at radius 1 is 1.47 bits per heavy atom. The molecular formula is C15H24O2. The van der Waals surface area contributed by atoms with E-state index in [0.29, 0.717) is 0 Å². The summed E-state index contributed by atoms with van der Waals surface area (Å²) < 4.78 is 0. The van der Waals surface area contributed by atoms with E-state index < -0.39 is 12.2 Å². The average Bonchev–Trinajstić information content (AvgIpc) is 2.25. The van der Waals surface area contributed by atoms with Crippen molar-refractivity contribution in [2.45, 2.75) is 52.2 Å². The molecule has 0 spiro atoms. The average molecular weight is 236 g/mol. The quantitative estimate of drug-likeness (QED) is 0.737. The Morgan fingerprint density at radius 3 is 2.71 bits per heavy atom. The molecule has 1 aliphatic rings. The molecular weight excluding hydrogens is 212 g/mol. The second kappa shape index (κ2) is 6.18. The molecule has 0 bridgehead atoms. The molecule has 0 amide bonds. The summed E-state index contributed by atoms with van der Waals surface area (Å²) in [6.07, 6.45) is 5.40. The topological polar surface area (TPSA) is 40.5 Å². The van der Waals surface area contributed by atoms with Crippen LogP contribution in [0.4, 0.5) is 0 Å². The largest absolute Gasteiger partial charge is 0.389 e. The molecule has 0 aromatic heterocycles. The van der Waals surface area contributed by atoms with Crippen molar-refractivity contribution < 1.29 is 10.2 Å². The van der Waals surface area contributed by atoms with E-state index in [2.05, 4.69) is 26.5 Å². The van der Waals surface area contributed by atoms with E-state index in [9.17, 15) is 10.2 Å². The molecule has 96 valence electrons.